The molecule has 0 radical (unpaired) electrons. The molecule has 0 saturated carbocycles. The Morgan fingerprint density at radius 2 is 1.72 bits per heavy atom. The summed E-state index contributed by atoms with van der Waals surface area (Å²) in [6, 6.07) is 16.6. The summed E-state index contributed by atoms with van der Waals surface area (Å²) in [5, 5.41) is 11.5. The molecule has 1 fully saturated rings. The monoisotopic (exact) mass is 487 g/mol. The van der Waals surface area contributed by atoms with Crippen LogP contribution < -0.4 is 19.3 Å². The summed E-state index contributed by atoms with van der Waals surface area (Å²) in [4.78, 5) is 34.5. The highest BCUT2D eigenvalue weighted by atomic mass is 16.5. The molecule has 1 aromatic heterocycles. The zero-order valence-electron chi connectivity index (χ0n) is 20.8. The van der Waals surface area contributed by atoms with Crippen molar-refractivity contribution in [1.29, 1.82) is 0 Å². The summed E-state index contributed by atoms with van der Waals surface area (Å²) in [6.07, 6.45) is 1.59. The van der Waals surface area contributed by atoms with Crippen LogP contribution in [0.15, 0.2) is 72.4 Å². The molecule has 2 heterocycles. The van der Waals surface area contributed by atoms with Gasteiger partial charge in [-0.15, -0.1) is 0 Å². The number of amides is 1. The molecule has 0 spiro atoms. The van der Waals surface area contributed by atoms with Crippen LogP contribution in [0.3, 0.4) is 0 Å². The number of pyridine rings is 1. The van der Waals surface area contributed by atoms with Gasteiger partial charge in [-0.2, -0.15) is 0 Å². The number of aliphatic hydroxyl groups is 1. The molecule has 1 unspecified atom stereocenters. The summed E-state index contributed by atoms with van der Waals surface area (Å²) >= 11 is 0. The third-order valence-corrected chi connectivity index (χ3v) is 5.88. The maximum absolute atomic E-state index is 13.4. The third kappa shape index (κ3) is 4.62. The Kier molecular flexibility index (Phi) is 7.24. The van der Waals surface area contributed by atoms with Crippen LogP contribution in [0.5, 0.6) is 11.5 Å². The molecule has 0 aliphatic carbocycles. The lowest BCUT2D eigenvalue weighted by Gasteiger charge is -2.25. The SMILES string of the molecule is CCOc1ccc(/C(O)=C2/C(=O)C(=O)N(c3ccc(N(C)C)cc3)C2c2ccccn2)c(OCC)c1. The quantitative estimate of drug-likeness (QED) is 0.283. The third-order valence-electron chi connectivity index (χ3n) is 5.88. The molecule has 4 rings (SSSR count). The summed E-state index contributed by atoms with van der Waals surface area (Å²) in [6.45, 7) is 4.50. The number of rotatable bonds is 8. The van der Waals surface area contributed by atoms with E-state index in [1.54, 1.807) is 54.7 Å². The lowest BCUT2D eigenvalue weighted by Crippen LogP contribution is -2.29. The Hall–Kier alpha value is -4.33. The van der Waals surface area contributed by atoms with Gasteiger partial charge in [0.05, 0.1) is 30.0 Å². The number of carbonyl (C=O) groups is 2. The summed E-state index contributed by atoms with van der Waals surface area (Å²) in [5.74, 6) is -0.949. The molecule has 1 saturated heterocycles. The van der Waals surface area contributed by atoms with Crippen molar-refractivity contribution < 1.29 is 24.2 Å². The van der Waals surface area contributed by atoms with Crippen LogP contribution >= 0.6 is 0 Å². The summed E-state index contributed by atoms with van der Waals surface area (Å²) < 4.78 is 11.3. The van der Waals surface area contributed by atoms with Gasteiger partial charge in [0.2, 0.25) is 0 Å². The van der Waals surface area contributed by atoms with Crippen LogP contribution in [-0.4, -0.2) is 49.1 Å². The minimum atomic E-state index is -0.919. The molecule has 8 nitrogen and oxygen atoms in total. The number of aromatic nitrogens is 1. The van der Waals surface area contributed by atoms with Crippen molar-refractivity contribution in [3.8, 4) is 11.5 Å². The van der Waals surface area contributed by atoms with Gasteiger partial charge in [-0.25, -0.2) is 0 Å². The number of hydrogen-bond donors (Lipinski definition) is 1. The normalized spacial score (nSPS) is 16.8. The molecule has 2 aromatic carbocycles. The fraction of sp³-hybridized carbons (Fsp3) is 0.250. The zero-order chi connectivity index (χ0) is 25.8. The lowest BCUT2D eigenvalue weighted by molar-refractivity contribution is -0.132. The molecule has 1 atom stereocenters. The Bertz CT molecular complexity index is 1290. The van der Waals surface area contributed by atoms with Gasteiger partial charge in [0.25, 0.3) is 11.7 Å². The van der Waals surface area contributed by atoms with Crippen LogP contribution in [0.4, 0.5) is 11.4 Å². The average molecular weight is 488 g/mol. The van der Waals surface area contributed by atoms with Gasteiger partial charge < -0.3 is 19.5 Å². The van der Waals surface area contributed by atoms with E-state index in [4.69, 9.17) is 9.47 Å². The second-order valence-corrected chi connectivity index (χ2v) is 8.36. The van der Waals surface area contributed by atoms with E-state index in [0.29, 0.717) is 41.7 Å². The smallest absolute Gasteiger partial charge is 0.300 e. The van der Waals surface area contributed by atoms with Crippen molar-refractivity contribution in [3.63, 3.8) is 0 Å². The van der Waals surface area contributed by atoms with Crippen LogP contribution in [0.1, 0.15) is 31.1 Å². The number of benzene rings is 2. The summed E-state index contributed by atoms with van der Waals surface area (Å²) in [7, 11) is 3.84. The van der Waals surface area contributed by atoms with Gasteiger partial charge in [0, 0.05) is 37.7 Å². The first-order valence-corrected chi connectivity index (χ1v) is 11.8. The van der Waals surface area contributed by atoms with Gasteiger partial charge >= 0.3 is 0 Å². The predicted molar refractivity (Wildman–Crippen MR) is 139 cm³/mol. The van der Waals surface area contributed by atoms with E-state index in [2.05, 4.69) is 4.98 Å². The van der Waals surface area contributed by atoms with Gasteiger partial charge in [-0.3, -0.25) is 19.5 Å². The predicted octanol–water partition coefficient (Wildman–Crippen LogP) is 4.57. The molecule has 186 valence electrons. The van der Waals surface area contributed by atoms with Crippen molar-refractivity contribution in [2.45, 2.75) is 19.9 Å². The molecule has 1 N–H and O–H groups in total. The lowest BCUT2D eigenvalue weighted by atomic mass is 9.97. The van der Waals surface area contributed by atoms with Gasteiger partial charge in [-0.05, 0) is 62.4 Å². The Morgan fingerprint density at radius 1 is 1.00 bits per heavy atom. The van der Waals surface area contributed by atoms with Crippen LogP contribution in [0.2, 0.25) is 0 Å². The van der Waals surface area contributed by atoms with Gasteiger partial charge in [-0.1, -0.05) is 6.07 Å². The highest BCUT2D eigenvalue weighted by Crippen LogP contribution is 2.43. The van der Waals surface area contributed by atoms with Crippen molar-refractivity contribution in [2.24, 2.45) is 0 Å². The number of carbonyl (C=O) groups excluding carboxylic acids is 2. The van der Waals surface area contributed by atoms with E-state index in [0.717, 1.165) is 5.69 Å². The maximum atomic E-state index is 13.4. The van der Waals surface area contributed by atoms with E-state index >= 15 is 0 Å². The number of ketones is 1. The topological polar surface area (TPSA) is 92.2 Å². The first kappa shape index (κ1) is 24.8. The Balaban J connectivity index is 1.90. The molecule has 0 bridgehead atoms. The number of aliphatic hydroxyl groups excluding tert-OH is 1. The first-order chi connectivity index (χ1) is 17.4. The van der Waals surface area contributed by atoms with E-state index in [1.165, 1.54) is 4.90 Å². The van der Waals surface area contributed by atoms with E-state index in [1.807, 2.05) is 45.0 Å². The number of anilines is 2. The van der Waals surface area contributed by atoms with Crippen molar-refractivity contribution >= 4 is 28.8 Å². The first-order valence-electron chi connectivity index (χ1n) is 11.8. The van der Waals surface area contributed by atoms with Crippen molar-refractivity contribution in [2.75, 3.05) is 37.1 Å². The van der Waals surface area contributed by atoms with Crippen LogP contribution in [-0.2, 0) is 9.59 Å². The summed E-state index contributed by atoms with van der Waals surface area (Å²) in [5.41, 5.74) is 2.16. The molecule has 36 heavy (non-hydrogen) atoms. The van der Waals surface area contributed by atoms with E-state index < -0.39 is 17.7 Å². The highest BCUT2D eigenvalue weighted by molar-refractivity contribution is 6.51. The van der Waals surface area contributed by atoms with E-state index in [9.17, 15) is 14.7 Å². The second-order valence-electron chi connectivity index (χ2n) is 8.36. The second kappa shape index (κ2) is 10.5. The molecular weight excluding hydrogens is 458 g/mol. The van der Waals surface area contributed by atoms with Crippen LogP contribution in [0, 0.1) is 0 Å². The molecule has 1 aliphatic heterocycles. The molecule has 1 aliphatic rings. The largest absolute Gasteiger partial charge is 0.507 e. The minimum absolute atomic E-state index is 0.0551. The Labute approximate surface area is 210 Å². The van der Waals surface area contributed by atoms with Gasteiger partial charge in [0.1, 0.15) is 23.3 Å². The highest BCUT2D eigenvalue weighted by Gasteiger charge is 2.47. The molecule has 8 heteroatoms. The standard InChI is InChI=1S/C28H29N3O5/c1-5-35-20-14-15-21(23(17-20)36-6-2)26(32)24-25(22-9-7-8-16-29-22)31(28(34)27(24)33)19-12-10-18(11-13-19)30(3)4/h7-17,25,32H,5-6H2,1-4H3/b26-24-. The van der Waals surface area contributed by atoms with Crippen molar-refractivity contribution in [1.82, 2.24) is 4.98 Å². The van der Waals surface area contributed by atoms with Gasteiger partial charge in [0.15, 0.2) is 0 Å². The fourth-order valence-electron chi connectivity index (χ4n) is 4.20. The van der Waals surface area contributed by atoms with E-state index in [-0.39, 0.29) is 11.3 Å². The molecular formula is C28H29N3O5. The Morgan fingerprint density at radius 3 is 2.33 bits per heavy atom. The number of Topliss-reactive ketones (excluding diaryl/α,β-unsaturated/α-hetero) is 1. The number of nitrogens with zero attached hydrogens (tertiary/aromatic N) is 3. The molecule has 3 aromatic rings. The number of hydrogen-bond acceptors (Lipinski definition) is 7. The fourth-order valence-corrected chi connectivity index (χ4v) is 4.20. The number of ether oxygens (including phenoxy) is 2. The zero-order valence-corrected chi connectivity index (χ0v) is 20.8. The van der Waals surface area contributed by atoms with Crippen LogP contribution in [0.25, 0.3) is 5.76 Å². The molecule has 1 amide bonds. The van der Waals surface area contributed by atoms with Crippen molar-refractivity contribution in [3.05, 3.63) is 83.7 Å². The minimum Gasteiger partial charge on any atom is -0.507 e. The average Bonchev–Trinajstić information content (AvgIpc) is 3.15. The maximum Gasteiger partial charge on any atom is 0.300 e.